The minimum atomic E-state index is -0.879. The number of pyridine rings is 1. The van der Waals surface area contributed by atoms with Crippen molar-refractivity contribution in [3.8, 4) is 11.6 Å². The molecule has 0 aliphatic rings. The maximum Gasteiger partial charge on any atom is 0.286 e. The number of benzene rings is 2. The van der Waals surface area contributed by atoms with Gasteiger partial charge in [-0.3, -0.25) is 4.79 Å². The largest absolute Gasteiger partial charge is 0.497 e. The van der Waals surface area contributed by atoms with E-state index >= 15 is 0 Å². The van der Waals surface area contributed by atoms with E-state index in [-0.39, 0.29) is 11.4 Å². The quantitative estimate of drug-likeness (QED) is 0.504. The Kier molecular flexibility index (Phi) is 4.88. The van der Waals surface area contributed by atoms with E-state index in [1.165, 1.54) is 7.11 Å². The lowest BCUT2D eigenvalue weighted by Crippen LogP contribution is -2.17. The number of primary amides is 1. The van der Waals surface area contributed by atoms with Gasteiger partial charge < -0.3 is 20.6 Å². The Morgan fingerprint density at radius 2 is 2.00 bits per heavy atom. The summed E-state index contributed by atoms with van der Waals surface area (Å²) in [6, 6.07) is 13.3. The highest BCUT2D eigenvalue weighted by atomic mass is 19.1. The smallest absolute Gasteiger partial charge is 0.286 e. The van der Waals surface area contributed by atoms with Crippen LogP contribution < -0.4 is 20.6 Å². The van der Waals surface area contributed by atoms with E-state index in [0.29, 0.717) is 22.5 Å². The van der Waals surface area contributed by atoms with Gasteiger partial charge in [-0.2, -0.15) is 4.98 Å². The van der Waals surface area contributed by atoms with E-state index in [0.717, 1.165) is 16.5 Å². The monoisotopic (exact) mass is 408 g/mol. The number of aryl methyl sites for hydroxylation is 1. The first-order valence-electron chi connectivity index (χ1n) is 8.86. The van der Waals surface area contributed by atoms with Gasteiger partial charge in [0.1, 0.15) is 22.6 Å². The molecule has 4 aromatic rings. The van der Waals surface area contributed by atoms with Crippen molar-refractivity contribution in [1.82, 2.24) is 20.1 Å². The third-order valence-corrected chi connectivity index (χ3v) is 4.25. The highest BCUT2D eigenvalue weighted by molar-refractivity contribution is 5.98. The summed E-state index contributed by atoms with van der Waals surface area (Å²) in [5, 5.41) is 10.8. The van der Waals surface area contributed by atoms with E-state index in [4.69, 9.17) is 15.3 Å². The number of amides is 1. The summed E-state index contributed by atoms with van der Waals surface area (Å²) in [6.07, 6.45) is 0. The molecule has 1 amide bonds. The number of hydrogen-bond donors (Lipinski definition) is 2. The van der Waals surface area contributed by atoms with Crippen molar-refractivity contribution in [2.24, 2.45) is 5.73 Å². The van der Waals surface area contributed by atoms with Crippen LogP contribution in [0.4, 0.5) is 15.9 Å². The van der Waals surface area contributed by atoms with Crippen LogP contribution in [0.1, 0.15) is 15.9 Å². The SMILES string of the molecule is COc1cc(C)cc(Nc2nc(On3nnc4ccccc43)c(F)cc2C(N)=O)c1. The molecule has 0 atom stereocenters. The van der Waals surface area contributed by atoms with E-state index in [2.05, 4.69) is 20.6 Å². The van der Waals surface area contributed by atoms with Gasteiger partial charge in [0.2, 0.25) is 0 Å². The van der Waals surface area contributed by atoms with Crippen molar-refractivity contribution < 1.29 is 18.8 Å². The number of rotatable bonds is 6. The Hall–Kier alpha value is -4.21. The standard InChI is InChI=1S/C20H17FN6O3/c1-11-7-12(9-13(8-11)29-2)23-19-14(18(22)28)10-15(21)20(24-19)30-27-17-6-4-3-5-16(17)25-26-27/h3-10H,1-2H3,(H2,22,28)(H,23,24). The lowest BCUT2D eigenvalue weighted by molar-refractivity contribution is 0.1000. The summed E-state index contributed by atoms with van der Waals surface area (Å²) in [6.45, 7) is 1.88. The van der Waals surface area contributed by atoms with Gasteiger partial charge in [-0.05, 0) is 48.0 Å². The van der Waals surface area contributed by atoms with E-state index < -0.39 is 17.6 Å². The van der Waals surface area contributed by atoms with Gasteiger partial charge in [0.05, 0.1) is 12.7 Å². The maximum absolute atomic E-state index is 14.6. The van der Waals surface area contributed by atoms with Crippen molar-refractivity contribution in [2.45, 2.75) is 6.92 Å². The highest BCUT2D eigenvalue weighted by Gasteiger charge is 2.19. The molecule has 0 spiro atoms. The topological polar surface area (TPSA) is 117 Å². The molecule has 2 aromatic heterocycles. The zero-order valence-electron chi connectivity index (χ0n) is 16.1. The summed E-state index contributed by atoms with van der Waals surface area (Å²) in [5.74, 6) is -1.50. The Labute approximate surface area is 170 Å². The number of nitrogens with zero attached hydrogens (tertiary/aromatic N) is 4. The first-order valence-corrected chi connectivity index (χ1v) is 8.86. The molecule has 4 rings (SSSR count). The molecule has 0 saturated heterocycles. The first-order chi connectivity index (χ1) is 14.4. The van der Waals surface area contributed by atoms with Crippen molar-refractivity contribution >= 4 is 28.4 Å². The summed E-state index contributed by atoms with van der Waals surface area (Å²) >= 11 is 0. The van der Waals surface area contributed by atoms with Crippen LogP contribution in [-0.2, 0) is 0 Å². The van der Waals surface area contributed by atoms with Gasteiger partial charge in [0.15, 0.2) is 5.82 Å². The number of nitrogens with one attached hydrogen (secondary N) is 1. The normalized spacial score (nSPS) is 10.8. The molecule has 0 aliphatic carbocycles. The molecule has 0 bridgehead atoms. The summed E-state index contributed by atoms with van der Waals surface area (Å²) in [7, 11) is 1.54. The number of fused-ring (bicyclic) bond motifs is 1. The number of aromatic nitrogens is 4. The predicted molar refractivity (Wildman–Crippen MR) is 107 cm³/mol. The number of hydrogen-bond acceptors (Lipinski definition) is 7. The highest BCUT2D eigenvalue weighted by Crippen LogP contribution is 2.28. The molecule has 0 aliphatic heterocycles. The van der Waals surface area contributed by atoms with Gasteiger partial charge >= 0.3 is 0 Å². The minimum Gasteiger partial charge on any atom is -0.497 e. The molecule has 0 unspecified atom stereocenters. The van der Waals surface area contributed by atoms with Crippen LogP contribution in [0, 0.1) is 12.7 Å². The Morgan fingerprint density at radius 3 is 2.77 bits per heavy atom. The Bertz CT molecular complexity index is 1260. The average molecular weight is 408 g/mol. The van der Waals surface area contributed by atoms with Gasteiger partial charge in [0, 0.05) is 11.8 Å². The third kappa shape index (κ3) is 3.70. The molecule has 2 aromatic carbocycles. The van der Waals surface area contributed by atoms with Gasteiger partial charge in [-0.25, -0.2) is 4.39 Å². The number of halogens is 1. The van der Waals surface area contributed by atoms with Crippen LogP contribution in [0.3, 0.4) is 0 Å². The zero-order chi connectivity index (χ0) is 21.3. The zero-order valence-corrected chi connectivity index (χ0v) is 16.1. The second kappa shape index (κ2) is 7.66. The molecular formula is C20H17FN6O3. The van der Waals surface area contributed by atoms with Crippen molar-refractivity contribution in [2.75, 3.05) is 12.4 Å². The lowest BCUT2D eigenvalue weighted by atomic mass is 10.2. The average Bonchev–Trinajstić information content (AvgIpc) is 3.12. The van der Waals surface area contributed by atoms with Gasteiger partial charge in [-0.1, -0.05) is 17.0 Å². The Balaban J connectivity index is 1.74. The number of anilines is 2. The second-order valence-electron chi connectivity index (χ2n) is 6.44. The predicted octanol–water partition coefficient (Wildman–Crippen LogP) is 2.97. The van der Waals surface area contributed by atoms with Crippen LogP contribution in [-0.4, -0.2) is 33.2 Å². The van der Waals surface area contributed by atoms with Crippen LogP contribution >= 0.6 is 0 Å². The first kappa shape index (κ1) is 19.1. The second-order valence-corrected chi connectivity index (χ2v) is 6.44. The van der Waals surface area contributed by atoms with Gasteiger partial charge in [0.25, 0.3) is 11.8 Å². The number of carbonyl (C=O) groups is 1. The fourth-order valence-corrected chi connectivity index (χ4v) is 2.89. The molecule has 10 heteroatoms. The molecule has 152 valence electrons. The van der Waals surface area contributed by atoms with E-state index in [9.17, 15) is 9.18 Å². The fraction of sp³-hybridized carbons (Fsp3) is 0.100. The summed E-state index contributed by atoms with van der Waals surface area (Å²) < 4.78 is 19.8. The lowest BCUT2D eigenvalue weighted by Gasteiger charge is -2.13. The van der Waals surface area contributed by atoms with Crippen LogP contribution in [0.15, 0.2) is 48.5 Å². The van der Waals surface area contributed by atoms with E-state index in [1.54, 1.807) is 30.3 Å². The number of ether oxygens (including phenoxy) is 1. The molecule has 30 heavy (non-hydrogen) atoms. The summed E-state index contributed by atoms with van der Waals surface area (Å²) in [5.41, 5.74) is 7.84. The van der Waals surface area contributed by atoms with E-state index in [1.807, 2.05) is 19.1 Å². The maximum atomic E-state index is 14.6. The van der Waals surface area contributed by atoms with Crippen molar-refractivity contribution in [1.29, 1.82) is 0 Å². The Morgan fingerprint density at radius 1 is 1.20 bits per heavy atom. The van der Waals surface area contributed by atoms with Crippen molar-refractivity contribution in [3.05, 3.63) is 65.5 Å². The number of carbonyl (C=O) groups excluding carboxylic acids is 1. The van der Waals surface area contributed by atoms with Crippen LogP contribution in [0.5, 0.6) is 11.6 Å². The molecule has 9 nitrogen and oxygen atoms in total. The molecule has 2 heterocycles. The molecule has 0 saturated carbocycles. The van der Waals surface area contributed by atoms with Crippen LogP contribution in [0.2, 0.25) is 0 Å². The number of methoxy groups -OCH3 is 1. The third-order valence-electron chi connectivity index (χ3n) is 4.25. The van der Waals surface area contributed by atoms with Crippen LogP contribution in [0.25, 0.3) is 11.0 Å². The molecular weight excluding hydrogens is 391 g/mol. The molecule has 0 fully saturated rings. The van der Waals surface area contributed by atoms with Crippen molar-refractivity contribution in [3.63, 3.8) is 0 Å². The molecule has 3 N–H and O–H groups in total. The number of para-hydroxylation sites is 1. The molecule has 0 radical (unpaired) electrons. The van der Waals surface area contributed by atoms with Gasteiger partial charge in [-0.15, -0.1) is 5.10 Å². The summed E-state index contributed by atoms with van der Waals surface area (Å²) in [4.78, 5) is 22.5. The minimum absolute atomic E-state index is 0.0240. The number of nitrogens with two attached hydrogens (primary N) is 1. The fourth-order valence-electron chi connectivity index (χ4n) is 2.89.